The number of thioether (sulfide) groups is 1. The van der Waals surface area contributed by atoms with Crippen LogP contribution in [0.15, 0.2) is 33.9 Å². The SMILES string of the molecule is CC(Sc1nc2ccccc2o1)C(=O)NC1CCCC(C)C1C. The summed E-state index contributed by atoms with van der Waals surface area (Å²) in [6.45, 7) is 6.43. The third-order valence-electron chi connectivity index (χ3n) is 4.96. The average Bonchev–Trinajstić information content (AvgIpc) is 2.93. The Bertz CT molecular complexity index is 651. The van der Waals surface area contributed by atoms with E-state index in [0.29, 0.717) is 17.1 Å². The molecule has 1 fully saturated rings. The molecule has 3 rings (SSSR count). The Kier molecular flexibility index (Phi) is 4.95. The first-order valence-electron chi connectivity index (χ1n) is 8.37. The van der Waals surface area contributed by atoms with Crippen LogP contribution >= 0.6 is 11.8 Å². The van der Waals surface area contributed by atoms with E-state index in [9.17, 15) is 4.79 Å². The van der Waals surface area contributed by atoms with Crippen LogP contribution in [0.5, 0.6) is 0 Å². The number of nitrogens with zero attached hydrogens (tertiary/aromatic N) is 1. The highest BCUT2D eigenvalue weighted by atomic mass is 32.2. The van der Waals surface area contributed by atoms with E-state index in [0.717, 1.165) is 17.5 Å². The summed E-state index contributed by atoms with van der Waals surface area (Å²) < 4.78 is 5.69. The van der Waals surface area contributed by atoms with Crippen molar-refractivity contribution in [2.45, 2.75) is 56.5 Å². The quantitative estimate of drug-likeness (QED) is 0.851. The van der Waals surface area contributed by atoms with E-state index >= 15 is 0 Å². The van der Waals surface area contributed by atoms with Gasteiger partial charge in [-0.05, 0) is 37.3 Å². The van der Waals surface area contributed by atoms with Gasteiger partial charge in [-0.25, -0.2) is 4.98 Å². The first-order valence-corrected chi connectivity index (χ1v) is 9.25. The van der Waals surface area contributed by atoms with Crippen LogP contribution in [0, 0.1) is 11.8 Å². The van der Waals surface area contributed by atoms with Gasteiger partial charge in [0.25, 0.3) is 5.22 Å². The van der Waals surface area contributed by atoms with Crippen LogP contribution in [0.25, 0.3) is 11.1 Å². The summed E-state index contributed by atoms with van der Waals surface area (Å²) in [5.74, 6) is 1.28. The van der Waals surface area contributed by atoms with Crippen molar-refractivity contribution in [3.63, 3.8) is 0 Å². The summed E-state index contributed by atoms with van der Waals surface area (Å²) in [7, 11) is 0. The third kappa shape index (κ3) is 3.71. The zero-order valence-corrected chi connectivity index (χ0v) is 14.7. The fourth-order valence-corrected chi connectivity index (χ4v) is 3.96. The Morgan fingerprint density at radius 1 is 1.35 bits per heavy atom. The number of hydrogen-bond donors (Lipinski definition) is 1. The van der Waals surface area contributed by atoms with E-state index < -0.39 is 0 Å². The molecule has 0 radical (unpaired) electrons. The number of fused-ring (bicyclic) bond motifs is 1. The number of rotatable bonds is 4. The zero-order valence-electron chi connectivity index (χ0n) is 13.9. The van der Waals surface area contributed by atoms with E-state index in [1.54, 1.807) is 0 Å². The van der Waals surface area contributed by atoms with Crippen molar-refractivity contribution < 1.29 is 9.21 Å². The second kappa shape index (κ2) is 6.95. The molecule has 23 heavy (non-hydrogen) atoms. The largest absolute Gasteiger partial charge is 0.431 e. The molecule has 1 amide bonds. The molecule has 1 N–H and O–H groups in total. The van der Waals surface area contributed by atoms with E-state index in [4.69, 9.17) is 4.42 Å². The Morgan fingerprint density at radius 3 is 2.91 bits per heavy atom. The predicted octanol–water partition coefficient (Wildman–Crippen LogP) is 4.25. The minimum absolute atomic E-state index is 0.0724. The van der Waals surface area contributed by atoms with Crippen molar-refractivity contribution in [2.24, 2.45) is 11.8 Å². The monoisotopic (exact) mass is 332 g/mol. The van der Waals surface area contributed by atoms with Crippen molar-refractivity contribution in [3.8, 4) is 0 Å². The fraction of sp³-hybridized carbons (Fsp3) is 0.556. The lowest BCUT2D eigenvalue weighted by Crippen LogP contribution is -2.46. The molecule has 0 saturated heterocycles. The van der Waals surface area contributed by atoms with Crippen LogP contribution in [-0.2, 0) is 4.79 Å². The van der Waals surface area contributed by atoms with Crippen LogP contribution in [-0.4, -0.2) is 22.2 Å². The van der Waals surface area contributed by atoms with Crippen molar-refractivity contribution in [1.29, 1.82) is 0 Å². The maximum Gasteiger partial charge on any atom is 0.257 e. The molecule has 4 atom stereocenters. The van der Waals surface area contributed by atoms with Gasteiger partial charge in [-0.15, -0.1) is 0 Å². The molecular formula is C18H24N2O2S. The van der Waals surface area contributed by atoms with Crippen molar-refractivity contribution in [2.75, 3.05) is 0 Å². The number of hydrogen-bond acceptors (Lipinski definition) is 4. The van der Waals surface area contributed by atoms with Gasteiger partial charge < -0.3 is 9.73 Å². The molecule has 0 spiro atoms. The zero-order chi connectivity index (χ0) is 16.4. The number of amides is 1. The number of carbonyl (C=O) groups excluding carboxylic acids is 1. The first-order chi connectivity index (χ1) is 11.0. The van der Waals surface area contributed by atoms with E-state index in [1.807, 2.05) is 31.2 Å². The number of carbonyl (C=O) groups is 1. The maximum absolute atomic E-state index is 12.5. The molecule has 1 saturated carbocycles. The molecule has 5 heteroatoms. The maximum atomic E-state index is 12.5. The van der Waals surface area contributed by atoms with Gasteiger partial charge in [0.15, 0.2) is 5.58 Å². The van der Waals surface area contributed by atoms with Gasteiger partial charge in [-0.1, -0.05) is 50.6 Å². The van der Waals surface area contributed by atoms with Gasteiger partial charge in [-0.2, -0.15) is 0 Å². The second-order valence-corrected chi connectivity index (χ2v) is 7.88. The van der Waals surface area contributed by atoms with Gasteiger partial charge in [0.2, 0.25) is 5.91 Å². The van der Waals surface area contributed by atoms with Crippen molar-refractivity contribution >= 4 is 28.8 Å². The van der Waals surface area contributed by atoms with Crippen LogP contribution in [0.3, 0.4) is 0 Å². The van der Waals surface area contributed by atoms with Crippen molar-refractivity contribution in [1.82, 2.24) is 10.3 Å². The van der Waals surface area contributed by atoms with Crippen LogP contribution < -0.4 is 5.32 Å². The minimum Gasteiger partial charge on any atom is -0.431 e. The molecule has 4 unspecified atom stereocenters. The van der Waals surface area contributed by atoms with Crippen LogP contribution in [0.4, 0.5) is 0 Å². The molecule has 1 heterocycles. The minimum atomic E-state index is -0.215. The fourth-order valence-electron chi connectivity index (χ4n) is 3.19. The molecule has 4 nitrogen and oxygen atoms in total. The number of benzene rings is 1. The molecular weight excluding hydrogens is 308 g/mol. The molecule has 0 bridgehead atoms. The molecule has 1 aliphatic rings. The summed E-state index contributed by atoms with van der Waals surface area (Å²) in [6.07, 6.45) is 3.54. The van der Waals surface area contributed by atoms with Crippen LogP contribution in [0.1, 0.15) is 40.0 Å². The summed E-state index contributed by atoms with van der Waals surface area (Å²) >= 11 is 1.38. The van der Waals surface area contributed by atoms with Crippen molar-refractivity contribution in [3.05, 3.63) is 24.3 Å². The summed E-state index contributed by atoms with van der Waals surface area (Å²) in [6, 6.07) is 7.95. The number of nitrogens with one attached hydrogen (secondary N) is 1. The van der Waals surface area contributed by atoms with E-state index in [1.165, 1.54) is 24.6 Å². The smallest absolute Gasteiger partial charge is 0.257 e. The summed E-state index contributed by atoms with van der Waals surface area (Å²) in [4.78, 5) is 16.9. The highest BCUT2D eigenvalue weighted by Gasteiger charge is 2.29. The Morgan fingerprint density at radius 2 is 2.13 bits per heavy atom. The normalized spacial score (nSPS) is 26.1. The molecule has 1 aliphatic carbocycles. The molecule has 1 aromatic carbocycles. The highest BCUT2D eigenvalue weighted by Crippen LogP contribution is 2.31. The number of aromatic nitrogens is 1. The summed E-state index contributed by atoms with van der Waals surface area (Å²) in [5, 5.41) is 3.56. The standard InChI is InChI=1S/C18H24N2O2S/c1-11-7-6-9-14(12(11)2)19-17(21)13(3)23-18-20-15-8-4-5-10-16(15)22-18/h4-5,8,10-14H,6-7,9H2,1-3H3,(H,19,21). The molecule has 2 aromatic rings. The molecule has 1 aromatic heterocycles. The van der Waals surface area contributed by atoms with E-state index in [-0.39, 0.29) is 17.2 Å². The van der Waals surface area contributed by atoms with Gasteiger partial charge in [-0.3, -0.25) is 4.79 Å². The third-order valence-corrected chi connectivity index (χ3v) is 5.90. The predicted molar refractivity (Wildman–Crippen MR) is 93.4 cm³/mol. The van der Waals surface area contributed by atoms with Gasteiger partial charge in [0.05, 0.1) is 5.25 Å². The average molecular weight is 332 g/mol. The Balaban J connectivity index is 1.61. The number of oxazole rings is 1. The van der Waals surface area contributed by atoms with Gasteiger partial charge in [0.1, 0.15) is 5.52 Å². The lowest BCUT2D eigenvalue weighted by molar-refractivity contribution is -0.121. The Labute approximate surface area is 141 Å². The first kappa shape index (κ1) is 16.4. The Hall–Kier alpha value is -1.49. The topological polar surface area (TPSA) is 55.1 Å². The summed E-state index contributed by atoms with van der Waals surface area (Å²) in [5.41, 5.74) is 1.59. The lowest BCUT2D eigenvalue weighted by Gasteiger charge is -2.35. The van der Waals surface area contributed by atoms with Crippen LogP contribution in [0.2, 0.25) is 0 Å². The molecule has 0 aliphatic heterocycles. The second-order valence-electron chi connectivity index (χ2n) is 6.59. The highest BCUT2D eigenvalue weighted by molar-refractivity contribution is 8.00. The van der Waals surface area contributed by atoms with Gasteiger partial charge >= 0.3 is 0 Å². The lowest BCUT2D eigenvalue weighted by atomic mass is 9.78. The van der Waals surface area contributed by atoms with E-state index in [2.05, 4.69) is 24.1 Å². The number of para-hydroxylation sites is 2. The molecule has 124 valence electrons. The van der Waals surface area contributed by atoms with Gasteiger partial charge in [0, 0.05) is 6.04 Å².